The lowest BCUT2D eigenvalue weighted by atomic mass is 9.93. The van der Waals surface area contributed by atoms with Gasteiger partial charge in [0.15, 0.2) is 0 Å². The highest BCUT2D eigenvalue weighted by Gasteiger charge is 2.35. The summed E-state index contributed by atoms with van der Waals surface area (Å²) >= 11 is 5.74. The topological polar surface area (TPSA) is 29.5 Å². The summed E-state index contributed by atoms with van der Waals surface area (Å²) in [5, 5.41) is 10.5. The molecule has 0 amide bonds. The lowest BCUT2D eigenvalue weighted by Gasteiger charge is -2.36. The van der Waals surface area contributed by atoms with E-state index in [0.717, 1.165) is 10.6 Å². The third kappa shape index (κ3) is 2.02. The molecular weight excluding hydrogens is 188 g/mol. The van der Waals surface area contributed by atoms with Gasteiger partial charge in [0, 0.05) is 11.4 Å². The molecule has 0 aromatic heterocycles. The van der Waals surface area contributed by atoms with Crippen LogP contribution in [0.3, 0.4) is 0 Å². The molecule has 1 aliphatic heterocycles. The van der Waals surface area contributed by atoms with E-state index in [0.29, 0.717) is 19.6 Å². The zero-order valence-electron chi connectivity index (χ0n) is 7.16. The third-order valence-electron chi connectivity index (χ3n) is 2.19. The Bertz CT molecular complexity index is 290. The van der Waals surface area contributed by atoms with E-state index in [2.05, 4.69) is 0 Å². The molecule has 1 saturated heterocycles. The molecule has 70 valence electrons. The Morgan fingerprint density at radius 2 is 1.92 bits per heavy atom. The zero-order valence-corrected chi connectivity index (χ0v) is 7.92. The van der Waals surface area contributed by atoms with Gasteiger partial charge in [-0.2, -0.15) is 0 Å². The van der Waals surface area contributed by atoms with Crippen LogP contribution in [0, 0.1) is 0 Å². The molecule has 0 aliphatic carbocycles. The van der Waals surface area contributed by atoms with Gasteiger partial charge < -0.3 is 9.84 Å². The van der Waals surface area contributed by atoms with Gasteiger partial charge >= 0.3 is 0 Å². The van der Waals surface area contributed by atoms with Crippen molar-refractivity contribution < 1.29 is 9.84 Å². The van der Waals surface area contributed by atoms with Crippen molar-refractivity contribution in [2.45, 2.75) is 12.0 Å². The van der Waals surface area contributed by atoms with Crippen molar-refractivity contribution in [3.8, 4) is 0 Å². The lowest BCUT2D eigenvalue weighted by Crippen LogP contribution is -2.51. The van der Waals surface area contributed by atoms with Crippen LogP contribution in [0.25, 0.3) is 0 Å². The van der Waals surface area contributed by atoms with E-state index in [1.54, 1.807) is 0 Å². The van der Waals surface area contributed by atoms with Gasteiger partial charge in [0.25, 0.3) is 0 Å². The molecule has 3 heteroatoms. The van der Waals surface area contributed by atoms with Crippen LogP contribution in [0.2, 0.25) is 5.02 Å². The van der Waals surface area contributed by atoms with E-state index in [1.165, 1.54) is 0 Å². The summed E-state index contributed by atoms with van der Waals surface area (Å²) in [4.78, 5) is 0. The van der Waals surface area contributed by atoms with Gasteiger partial charge in [-0.3, -0.25) is 0 Å². The monoisotopic (exact) mass is 198 g/mol. The first-order valence-corrected chi connectivity index (χ1v) is 4.60. The maximum Gasteiger partial charge on any atom is 0.115 e. The third-order valence-corrected chi connectivity index (χ3v) is 2.44. The Kier molecular flexibility index (Phi) is 2.28. The molecule has 1 heterocycles. The van der Waals surface area contributed by atoms with E-state index in [9.17, 15) is 5.11 Å². The molecule has 0 saturated carbocycles. The van der Waals surface area contributed by atoms with Crippen molar-refractivity contribution in [2.24, 2.45) is 0 Å². The molecule has 1 aromatic rings. The molecule has 2 rings (SSSR count). The molecule has 0 bridgehead atoms. The molecule has 1 aliphatic rings. The highest BCUT2D eigenvalue weighted by Crippen LogP contribution is 2.22. The molecule has 0 radical (unpaired) electrons. The molecule has 1 aromatic carbocycles. The molecule has 0 unspecified atom stereocenters. The summed E-state index contributed by atoms with van der Waals surface area (Å²) in [5.74, 6) is 0. The smallest absolute Gasteiger partial charge is 0.115 e. The van der Waals surface area contributed by atoms with Crippen LogP contribution in [0.1, 0.15) is 5.56 Å². The fourth-order valence-electron chi connectivity index (χ4n) is 1.42. The Balaban J connectivity index is 2.05. The highest BCUT2D eigenvalue weighted by atomic mass is 35.5. The number of halogens is 1. The van der Waals surface area contributed by atoms with Crippen molar-refractivity contribution in [3.63, 3.8) is 0 Å². The van der Waals surface area contributed by atoms with Gasteiger partial charge in [-0.05, 0) is 17.7 Å². The summed E-state index contributed by atoms with van der Waals surface area (Å²) in [7, 11) is 0. The molecule has 1 fully saturated rings. The van der Waals surface area contributed by atoms with Crippen molar-refractivity contribution in [1.82, 2.24) is 0 Å². The Morgan fingerprint density at radius 1 is 1.31 bits per heavy atom. The number of aliphatic hydroxyl groups is 1. The average molecular weight is 199 g/mol. The Hall–Kier alpha value is -0.570. The Labute approximate surface area is 82.1 Å². The predicted molar refractivity (Wildman–Crippen MR) is 50.9 cm³/mol. The van der Waals surface area contributed by atoms with Crippen molar-refractivity contribution in [3.05, 3.63) is 34.9 Å². The van der Waals surface area contributed by atoms with E-state index < -0.39 is 5.60 Å². The van der Waals surface area contributed by atoms with E-state index in [-0.39, 0.29) is 0 Å². The highest BCUT2D eigenvalue weighted by molar-refractivity contribution is 6.30. The second-order valence-corrected chi connectivity index (χ2v) is 3.96. The maximum atomic E-state index is 9.77. The number of hydrogen-bond acceptors (Lipinski definition) is 2. The fourth-order valence-corrected chi connectivity index (χ4v) is 1.55. The van der Waals surface area contributed by atoms with Crippen molar-refractivity contribution in [2.75, 3.05) is 13.2 Å². The Morgan fingerprint density at radius 3 is 2.38 bits per heavy atom. The molecule has 0 atom stereocenters. The summed E-state index contributed by atoms with van der Waals surface area (Å²) in [6.45, 7) is 0.880. The van der Waals surface area contributed by atoms with Crippen molar-refractivity contribution in [1.29, 1.82) is 0 Å². The molecular formula is C10H11ClO2. The minimum Gasteiger partial charge on any atom is -0.385 e. The van der Waals surface area contributed by atoms with Crippen LogP contribution >= 0.6 is 11.6 Å². The lowest BCUT2D eigenvalue weighted by molar-refractivity contribution is -0.176. The largest absolute Gasteiger partial charge is 0.385 e. The summed E-state index contributed by atoms with van der Waals surface area (Å²) in [5.41, 5.74) is 0.448. The van der Waals surface area contributed by atoms with Crippen LogP contribution in [0.5, 0.6) is 0 Å². The maximum absolute atomic E-state index is 9.77. The van der Waals surface area contributed by atoms with Gasteiger partial charge in [0.05, 0.1) is 13.2 Å². The van der Waals surface area contributed by atoms with Gasteiger partial charge in [0.1, 0.15) is 5.60 Å². The number of hydrogen-bond donors (Lipinski definition) is 1. The normalized spacial score (nSPS) is 19.5. The summed E-state index contributed by atoms with van der Waals surface area (Å²) in [6, 6.07) is 7.52. The second-order valence-electron chi connectivity index (χ2n) is 3.52. The van der Waals surface area contributed by atoms with Crippen LogP contribution < -0.4 is 0 Å². The quantitative estimate of drug-likeness (QED) is 0.783. The first-order chi connectivity index (χ1) is 6.18. The first-order valence-electron chi connectivity index (χ1n) is 4.23. The minimum atomic E-state index is -0.645. The molecule has 2 nitrogen and oxygen atoms in total. The standard InChI is InChI=1S/C10H11ClO2/c11-9-3-1-8(2-4-9)5-10(12)6-13-7-10/h1-4,12H,5-7H2. The van der Waals surface area contributed by atoms with Crippen LogP contribution in [-0.2, 0) is 11.2 Å². The number of ether oxygens (including phenoxy) is 1. The van der Waals surface area contributed by atoms with Crippen LogP contribution in [-0.4, -0.2) is 23.9 Å². The van der Waals surface area contributed by atoms with Crippen LogP contribution in [0.15, 0.2) is 24.3 Å². The predicted octanol–water partition coefficient (Wildman–Crippen LogP) is 1.64. The van der Waals surface area contributed by atoms with Gasteiger partial charge in [-0.1, -0.05) is 23.7 Å². The molecule has 13 heavy (non-hydrogen) atoms. The number of rotatable bonds is 2. The summed E-state index contributed by atoms with van der Waals surface area (Å²) < 4.78 is 4.96. The van der Waals surface area contributed by atoms with Gasteiger partial charge in [-0.25, -0.2) is 0 Å². The minimum absolute atomic E-state index is 0.440. The average Bonchev–Trinajstić information content (AvgIpc) is 2.06. The van der Waals surface area contributed by atoms with Gasteiger partial charge in [0.2, 0.25) is 0 Å². The second kappa shape index (κ2) is 3.29. The molecule has 0 spiro atoms. The fraction of sp³-hybridized carbons (Fsp3) is 0.400. The van der Waals surface area contributed by atoms with E-state index >= 15 is 0 Å². The van der Waals surface area contributed by atoms with Crippen LogP contribution in [0.4, 0.5) is 0 Å². The van der Waals surface area contributed by atoms with Crippen molar-refractivity contribution >= 4 is 11.6 Å². The number of benzene rings is 1. The molecule has 1 N–H and O–H groups in total. The van der Waals surface area contributed by atoms with E-state index in [1.807, 2.05) is 24.3 Å². The van der Waals surface area contributed by atoms with Gasteiger partial charge in [-0.15, -0.1) is 0 Å². The zero-order chi connectivity index (χ0) is 9.31. The van der Waals surface area contributed by atoms with E-state index in [4.69, 9.17) is 16.3 Å². The SMILES string of the molecule is OC1(Cc2ccc(Cl)cc2)COC1. The summed E-state index contributed by atoms with van der Waals surface area (Å²) in [6.07, 6.45) is 0.643. The first kappa shape index (κ1) is 9.00.